The van der Waals surface area contributed by atoms with Crippen molar-refractivity contribution in [3.8, 4) is 0 Å². The minimum absolute atomic E-state index is 0.0494. The molecule has 14 heavy (non-hydrogen) atoms. The lowest BCUT2D eigenvalue weighted by molar-refractivity contribution is 0.146. The molecule has 0 aliphatic heterocycles. The molecule has 0 radical (unpaired) electrons. The van der Waals surface area contributed by atoms with E-state index in [-0.39, 0.29) is 18.0 Å². The second-order valence-corrected chi connectivity index (χ2v) is 3.22. The molecule has 1 rings (SSSR count). The summed E-state index contributed by atoms with van der Waals surface area (Å²) in [4.78, 5) is 3.61. The number of aliphatic hydroxyl groups is 1. The number of halogens is 3. The lowest BCUT2D eigenvalue weighted by atomic mass is 10.1. The highest BCUT2D eigenvalue weighted by atomic mass is 79.9. The van der Waals surface area contributed by atoms with Crippen LogP contribution in [0.1, 0.15) is 23.4 Å². The Kier molecular flexibility index (Phi) is 3.77. The molecular weight excluding hydrogens is 258 g/mol. The van der Waals surface area contributed by atoms with Crippen molar-refractivity contribution >= 4 is 21.6 Å². The number of hydrogen-bond acceptors (Lipinski definition) is 3. The molecule has 1 aromatic heterocycles. The van der Waals surface area contributed by atoms with Crippen molar-refractivity contribution in [2.45, 2.75) is 18.4 Å². The number of aliphatic hydroxyl groups excluding tert-OH is 1. The number of nitrogens with two attached hydrogens (primary N) is 1. The van der Waals surface area contributed by atoms with Gasteiger partial charge < -0.3 is 10.8 Å². The van der Waals surface area contributed by atoms with Gasteiger partial charge in [-0.05, 0) is 11.6 Å². The second-order valence-electron chi connectivity index (χ2n) is 2.66. The Morgan fingerprint density at radius 2 is 2.21 bits per heavy atom. The molecule has 0 saturated heterocycles. The summed E-state index contributed by atoms with van der Waals surface area (Å²) in [7, 11) is 0. The van der Waals surface area contributed by atoms with Gasteiger partial charge in [-0.2, -0.15) is 0 Å². The highest BCUT2D eigenvalue weighted by Gasteiger charge is 2.16. The van der Waals surface area contributed by atoms with Gasteiger partial charge in [-0.15, -0.1) is 0 Å². The highest BCUT2D eigenvalue weighted by molar-refractivity contribution is 9.08. The summed E-state index contributed by atoms with van der Waals surface area (Å²) < 4.78 is 24.7. The number of alkyl halides is 3. The van der Waals surface area contributed by atoms with Gasteiger partial charge in [0.25, 0.3) is 6.43 Å². The number of rotatable bonds is 3. The average molecular weight is 267 g/mol. The normalized spacial score (nSPS) is 10.9. The minimum Gasteiger partial charge on any atom is -0.397 e. The van der Waals surface area contributed by atoms with E-state index in [1.165, 1.54) is 6.07 Å². The number of nitrogens with zero attached hydrogens (tertiary/aromatic N) is 1. The van der Waals surface area contributed by atoms with E-state index in [4.69, 9.17) is 10.8 Å². The molecule has 0 bridgehead atoms. The SMILES string of the molecule is Nc1cc(CBr)c(CO)nc1C(F)F. The molecule has 3 nitrogen and oxygen atoms in total. The molecule has 78 valence electrons. The van der Waals surface area contributed by atoms with Crippen LogP contribution < -0.4 is 5.73 Å². The summed E-state index contributed by atoms with van der Waals surface area (Å²) in [6, 6.07) is 1.40. The van der Waals surface area contributed by atoms with Crippen molar-refractivity contribution in [3.05, 3.63) is 23.0 Å². The maximum atomic E-state index is 12.3. The topological polar surface area (TPSA) is 59.1 Å². The van der Waals surface area contributed by atoms with Crippen molar-refractivity contribution in [1.29, 1.82) is 0 Å². The van der Waals surface area contributed by atoms with Gasteiger partial charge in [-0.3, -0.25) is 0 Å². The Morgan fingerprint density at radius 3 is 2.64 bits per heavy atom. The number of aromatic nitrogens is 1. The van der Waals surface area contributed by atoms with Gasteiger partial charge in [0, 0.05) is 5.33 Å². The van der Waals surface area contributed by atoms with E-state index in [1.807, 2.05) is 0 Å². The predicted octanol–water partition coefficient (Wildman–Crippen LogP) is 1.99. The van der Waals surface area contributed by atoms with Gasteiger partial charge >= 0.3 is 0 Å². The van der Waals surface area contributed by atoms with Crippen molar-refractivity contribution < 1.29 is 13.9 Å². The highest BCUT2D eigenvalue weighted by Crippen LogP contribution is 2.26. The maximum Gasteiger partial charge on any atom is 0.282 e. The fourth-order valence-electron chi connectivity index (χ4n) is 1.05. The van der Waals surface area contributed by atoms with E-state index in [1.54, 1.807) is 0 Å². The van der Waals surface area contributed by atoms with Crippen molar-refractivity contribution in [1.82, 2.24) is 4.98 Å². The lowest BCUT2D eigenvalue weighted by Crippen LogP contribution is -2.05. The Labute approximate surface area is 88.1 Å². The third kappa shape index (κ3) is 2.19. The van der Waals surface area contributed by atoms with Gasteiger partial charge in [0.05, 0.1) is 18.0 Å². The van der Waals surface area contributed by atoms with Crippen LogP contribution in [0, 0.1) is 0 Å². The Morgan fingerprint density at radius 1 is 1.57 bits per heavy atom. The third-order valence-electron chi connectivity index (χ3n) is 1.75. The third-order valence-corrected chi connectivity index (χ3v) is 2.36. The van der Waals surface area contributed by atoms with E-state index in [0.717, 1.165) is 0 Å². The van der Waals surface area contributed by atoms with Gasteiger partial charge in [-0.1, -0.05) is 15.9 Å². The fourth-order valence-corrected chi connectivity index (χ4v) is 1.54. The first-order chi connectivity index (χ1) is 6.60. The first kappa shape index (κ1) is 11.3. The van der Waals surface area contributed by atoms with Crippen LogP contribution in [0.2, 0.25) is 0 Å². The van der Waals surface area contributed by atoms with Crippen LogP contribution in [0.25, 0.3) is 0 Å². The molecule has 0 saturated carbocycles. The number of anilines is 1. The van der Waals surface area contributed by atoms with E-state index in [9.17, 15) is 8.78 Å². The molecule has 0 unspecified atom stereocenters. The number of pyridine rings is 1. The van der Waals surface area contributed by atoms with Gasteiger partial charge in [0.1, 0.15) is 5.69 Å². The van der Waals surface area contributed by atoms with Gasteiger partial charge in [0.15, 0.2) is 0 Å². The zero-order chi connectivity index (χ0) is 10.7. The zero-order valence-corrected chi connectivity index (χ0v) is 8.76. The smallest absolute Gasteiger partial charge is 0.282 e. The van der Waals surface area contributed by atoms with Crippen LogP contribution in [-0.2, 0) is 11.9 Å². The summed E-state index contributed by atoms with van der Waals surface area (Å²) in [6.07, 6.45) is -2.72. The molecule has 0 aliphatic rings. The summed E-state index contributed by atoms with van der Waals surface area (Å²) in [5.74, 6) is 0. The Bertz CT molecular complexity index is 333. The largest absolute Gasteiger partial charge is 0.397 e. The average Bonchev–Trinajstić information content (AvgIpc) is 2.16. The quantitative estimate of drug-likeness (QED) is 0.823. The first-order valence-electron chi connectivity index (χ1n) is 3.83. The predicted molar refractivity (Wildman–Crippen MR) is 52.2 cm³/mol. The lowest BCUT2D eigenvalue weighted by Gasteiger charge is -2.09. The van der Waals surface area contributed by atoms with E-state index in [0.29, 0.717) is 10.9 Å². The molecule has 0 aliphatic carbocycles. The van der Waals surface area contributed by atoms with Crippen molar-refractivity contribution in [2.24, 2.45) is 0 Å². The summed E-state index contributed by atoms with van der Waals surface area (Å²) >= 11 is 3.15. The molecule has 0 atom stereocenters. The van der Waals surface area contributed by atoms with Crippen LogP contribution in [0.4, 0.5) is 14.5 Å². The first-order valence-corrected chi connectivity index (χ1v) is 4.95. The summed E-state index contributed by atoms with van der Waals surface area (Å²) in [5.41, 5.74) is 5.70. The van der Waals surface area contributed by atoms with Crippen LogP contribution >= 0.6 is 15.9 Å². The van der Waals surface area contributed by atoms with Crippen LogP contribution in [0.3, 0.4) is 0 Å². The second kappa shape index (κ2) is 4.65. The van der Waals surface area contributed by atoms with Crippen molar-refractivity contribution in [2.75, 3.05) is 5.73 Å². The van der Waals surface area contributed by atoms with Crippen LogP contribution in [0.15, 0.2) is 6.07 Å². The number of hydrogen-bond donors (Lipinski definition) is 2. The molecule has 0 aromatic carbocycles. The van der Waals surface area contributed by atoms with Crippen LogP contribution in [0.5, 0.6) is 0 Å². The van der Waals surface area contributed by atoms with Gasteiger partial charge in [0.2, 0.25) is 0 Å². The molecule has 0 amide bonds. The molecule has 0 spiro atoms. The fraction of sp³-hybridized carbons (Fsp3) is 0.375. The minimum atomic E-state index is -2.72. The Balaban J connectivity index is 3.23. The number of nitrogen functional groups attached to an aromatic ring is 1. The molecule has 1 heterocycles. The standard InChI is InChI=1S/C8H9BrF2N2O/c9-2-4-1-5(12)7(8(10)11)13-6(4)3-14/h1,8,14H,2-3,12H2. The van der Waals surface area contributed by atoms with Crippen LogP contribution in [-0.4, -0.2) is 10.1 Å². The molecule has 1 aromatic rings. The molecule has 3 N–H and O–H groups in total. The van der Waals surface area contributed by atoms with Crippen molar-refractivity contribution in [3.63, 3.8) is 0 Å². The molecule has 0 fully saturated rings. The van der Waals surface area contributed by atoms with E-state index >= 15 is 0 Å². The van der Waals surface area contributed by atoms with E-state index < -0.39 is 12.1 Å². The molecule has 6 heteroatoms. The molecular formula is C8H9BrF2N2O. The summed E-state index contributed by atoms with van der Waals surface area (Å²) in [5, 5.41) is 9.30. The van der Waals surface area contributed by atoms with Gasteiger partial charge in [-0.25, -0.2) is 13.8 Å². The maximum absolute atomic E-state index is 12.3. The zero-order valence-electron chi connectivity index (χ0n) is 7.17. The summed E-state index contributed by atoms with van der Waals surface area (Å²) in [6.45, 7) is -0.374. The van der Waals surface area contributed by atoms with E-state index in [2.05, 4.69) is 20.9 Å². The Hall–Kier alpha value is -0.750. The monoisotopic (exact) mass is 266 g/mol.